The molecular formula is C14H15N3O2S. The van der Waals surface area contributed by atoms with Gasteiger partial charge in [-0.15, -0.1) is 11.3 Å². The molecule has 0 aliphatic rings. The number of imidazole rings is 1. The van der Waals surface area contributed by atoms with Crippen LogP contribution in [-0.4, -0.2) is 39.1 Å². The van der Waals surface area contributed by atoms with Crippen LogP contribution in [0.1, 0.15) is 20.9 Å². The monoisotopic (exact) mass is 289 g/mol. The van der Waals surface area contributed by atoms with Crippen molar-refractivity contribution < 1.29 is 9.90 Å². The summed E-state index contributed by atoms with van der Waals surface area (Å²) in [6.07, 6.45) is 3.17. The summed E-state index contributed by atoms with van der Waals surface area (Å²) in [5.74, 6) is 5.39. The molecule has 0 aliphatic carbocycles. The molecule has 0 saturated heterocycles. The highest BCUT2D eigenvalue weighted by Crippen LogP contribution is 2.16. The summed E-state index contributed by atoms with van der Waals surface area (Å²) in [7, 11) is 3.55. The van der Waals surface area contributed by atoms with Gasteiger partial charge in [0.1, 0.15) is 12.3 Å². The highest BCUT2D eigenvalue weighted by atomic mass is 32.1. The normalized spacial score (nSPS) is 9.95. The van der Waals surface area contributed by atoms with Crippen molar-refractivity contribution in [2.75, 3.05) is 13.7 Å². The highest BCUT2D eigenvalue weighted by Gasteiger charge is 2.15. The maximum atomic E-state index is 12.2. The van der Waals surface area contributed by atoms with Crippen molar-refractivity contribution in [1.29, 1.82) is 0 Å². The van der Waals surface area contributed by atoms with Crippen LogP contribution in [0.2, 0.25) is 0 Å². The molecule has 1 amide bonds. The van der Waals surface area contributed by atoms with E-state index in [2.05, 4.69) is 16.8 Å². The van der Waals surface area contributed by atoms with Crippen LogP contribution < -0.4 is 0 Å². The van der Waals surface area contributed by atoms with Gasteiger partial charge in [-0.05, 0) is 17.0 Å². The molecule has 20 heavy (non-hydrogen) atoms. The second-order valence-electron chi connectivity index (χ2n) is 4.33. The molecule has 0 radical (unpaired) electrons. The third-order valence-corrected chi connectivity index (χ3v) is 3.64. The van der Waals surface area contributed by atoms with Gasteiger partial charge in [0, 0.05) is 20.6 Å². The van der Waals surface area contributed by atoms with Crippen LogP contribution >= 0.6 is 11.3 Å². The van der Waals surface area contributed by atoms with E-state index in [1.807, 2.05) is 11.4 Å². The molecule has 1 N–H and O–H groups in total. The van der Waals surface area contributed by atoms with E-state index in [4.69, 9.17) is 5.11 Å². The minimum absolute atomic E-state index is 0.0702. The van der Waals surface area contributed by atoms with E-state index in [1.165, 1.54) is 11.3 Å². The number of rotatable bonds is 3. The maximum absolute atomic E-state index is 12.2. The SMILES string of the molecule is CN(Cc1csc(C#CCO)c1)C(=O)c1cncn1C. The fourth-order valence-electron chi connectivity index (χ4n) is 1.76. The maximum Gasteiger partial charge on any atom is 0.272 e. The molecule has 104 valence electrons. The van der Waals surface area contributed by atoms with Crippen LogP contribution in [0.4, 0.5) is 0 Å². The lowest BCUT2D eigenvalue weighted by molar-refractivity contribution is 0.0775. The average molecular weight is 289 g/mol. The molecule has 2 aromatic heterocycles. The van der Waals surface area contributed by atoms with Crippen LogP contribution in [0.25, 0.3) is 0 Å². The Labute approximate surface area is 121 Å². The fraction of sp³-hybridized carbons (Fsp3) is 0.286. The van der Waals surface area contributed by atoms with Crippen molar-refractivity contribution >= 4 is 17.2 Å². The molecule has 0 aliphatic heterocycles. The van der Waals surface area contributed by atoms with Gasteiger partial charge < -0.3 is 14.6 Å². The number of thiophene rings is 1. The Morgan fingerprint density at radius 1 is 1.60 bits per heavy atom. The van der Waals surface area contributed by atoms with Gasteiger partial charge >= 0.3 is 0 Å². The number of aliphatic hydroxyl groups excluding tert-OH is 1. The van der Waals surface area contributed by atoms with E-state index in [0.29, 0.717) is 12.2 Å². The van der Waals surface area contributed by atoms with E-state index < -0.39 is 0 Å². The summed E-state index contributed by atoms with van der Waals surface area (Å²) in [5, 5.41) is 10.6. The van der Waals surface area contributed by atoms with Crippen LogP contribution in [0.15, 0.2) is 24.0 Å². The van der Waals surface area contributed by atoms with Crippen LogP contribution in [0.5, 0.6) is 0 Å². The number of hydrogen-bond acceptors (Lipinski definition) is 4. The topological polar surface area (TPSA) is 58.4 Å². The molecule has 0 bridgehead atoms. The number of aromatic nitrogens is 2. The average Bonchev–Trinajstić information content (AvgIpc) is 3.04. The van der Waals surface area contributed by atoms with E-state index in [1.54, 1.807) is 36.1 Å². The first-order valence-corrected chi connectivity index (χ1v) is 6.88. The summed E-state index contributed by atoms with van der Waals surface area (Å²) in [4.78, 5) is 18.7. The second kappa shape index (κ2) is 6.37. The summed E-state index contributed by atoms with van der Waals surface area (Å²) >= 11 is 1.50. The first-order valence-electron chi connectivity index (χ1n) is 6.00. The Kier molecular flexibility index (Phi) is 4.56. The third kappa shape index (κ3) is 3.26. The zero-order valence-corrected chi connectivity index (χ0v) is 12.1. The van der Waals surface area contributed by atoms with Gasteiger partial charge in [0.25, 0.3) is 5.91 Å². The lowest BCUT2D eigenvalue weighted by atomic mass is 10.2. The van der Waals surface area contributed by atoms with Gasteiger partial charge in [-0.3, -0.25) is 4.79 Å². The van der Waals surface area contributed by atoms with Crippen LogP contribution in [-0.2, 0) is 13.6 Å². The second-order valence-corrected chi connectivity index (χ2v) is 5.24. The Morgan fingerprint density at radius 2 is 2.40 bits per heavy atom. The molecular weight excluding hydrogens is 274 g/mol. The summed E-state index contributed by atoms with van der Waals surface area (Å²) in [6, 6.07) is 1.93. The Hall–Kier alpha value is -2.10. The minimum Gasteiger partial charge on any atom is -0.384 e. The van der Waals surface area contributed by atoms with Crippen molar-refractivity contribution in [3.05, 3.63) is 40.1 Å². The van der Waals surface area contributed by atoms with E-state index in [9.17, 15) is 4.79 Å². The molecule has 2 aromatic rings. The van der Waals surface area contributed by atoms with Crippen LogP contribution in [0.3, 0.4) is 0 Å². The summed E-state index contributed by atoms with van der Waals surface area (Å²) in [6.45, 7) is 0.368. The highest BCUT2D eigenvalue weighted by molar-refractivity contribution is 7.10. The zero-order chi connectivity index (χ0) is 14.5. The number of carbonyl (C=O) groups is 1. The molecule has 0 atom stereocenters. The molecule has 6 heteroatoms. The Balaban J connectivity index is 2.04. The molecule has 0 unspecified atom stereocenters. The zero-order valence-electron chi connectivity index (χ0n) is 11.3. The Morgan fingerprint density at radius 3 is 3.05 bits per heavy atom. The lowest BCUT2D eigenvalue weighted by Crippen LogP contribution is -2.27. The standard InChI is InChI=1S/C14H15N3O2S/c1-16(14(19)13-7-15-10-17(13)2)8-11-6-12(20-9-11)4-3-5-18/h6-7,9-10,18H,5,8H2,1-2H3. The molecule has 0 spiro atoms. The molecule has 0 aromatic carbocycles. The van der Waals surface area contributed by atoms with Gasteiger partial charge in [0.2, 0.25) is 0 Å². The van der Waals surface area contributed by atoms with E-state index in [-0.39, 0.29) is 12.5 Å². The molecule has 5 nitrogen and oxygen atoms in total. The number of carbonyl (C=O) groups excluding carboxylic acids is 1. The number of aliphatic hydroxyl groups is 1. The lowest BCUT2D eigenvalue weighted by Gasteiger charge is -2.16. The van der Waals surface area contributed by atoms with Gasteiger partial charge in [-0.2, -0.15) is 0 Å². The Bertz CT molecular complexity index is 663. The summed E-state index contributed by atoms with van der Waals surface area (Å²) < 4.78 is 1.70. The minimum atomic E-state index is -0.147. The fourth-order valence-corrected chi connectivity index (χ4v) is 2.53. The van der Waals surface area contributed by atoms with Crippen molar-refractivity contribution in [3.63, 3.8) is 0 Å². The quantitative estimate of drug-likeness (QED) is 0.861. The molecule has 0 fully saturated rings. The van der Waals surface area contributed by atoms with Gasteiger partial charge in [-0.25, -0.2) is 4.98 Å². The third-order valence-electron chi connectivity index (χ3n) is 2.75. The largest absolute Gasteiger partial charge is 0.384 e. The van der Waals surface area contributed by atoms with E-state index in [0.717, 1.165) is 10.4 Å². The van der Waals surface area contributed by atoms with Crippen molar-refractivity contribution in [1.82, 2.24) is 14.5 Å². The first kappa shape index (κ1) is 14.3. The number of aryl methyl sites for hydroxylation is 1. The molecule has 2 rings (SSSR count). The predicted octanol–water partition coefficient (Wildman–Crippen LogP) is 1.10. The van der Waals surface area contributed by atoms with Gasteiger partial charge in [0.05, 0.1) is 17.4 Å². The van der Waals surface area contributed by atoms with Crippen LogP contribution in [0, 0.1) is 11.8 Å². The van der Waals surface area contributed by atoms with Crippen molar-refractivity contribution in [3.8, 4) is 11.8 Å². The van der Waals surface area contributed by atoms with Gasteiger partial charge in [-0.1, -0.05) is 11.8 Å². The van der Waals surface area contributed by atoms with E-state index >= 15 is 0 Å². The van der Waals surface area contributed by atoms with Crippen molar-refractivity contribution in [2.24, 2.45) is 7.05 Å². The van der Waals surface area contributed by atoms with Gasteiger partial charge in [0.15, 0.2) is 0 Å². The smallest absolute Gasteiger partial charge is 0.272 e. The number of amides is 1. The number of hydrogen-bond donors (Lipinski definition) is 1. The summed E-state index contributed by atoms with van der Waals surface area (Å²) in [5.41, 5.74) is 1.58. The predicted molar refractivity (Wildman–Crippen MR) is 77.3 cm³/mol. The molecule has 2 heterocycles. The molecule has 0 saturated carbocycles. The number of nitrogens with zero attached hydrogens (tertiary/aromatic N) is 3. The first-order chi connectivity index (χ1) is 9.61. The van der Waals surface area contributed by atoms with Crippen molar-refractivity contribution in [2.45, 2.75) is 6.54 Å².